The van der Waals surface area contributed by atoms with Crippen LogP contribution in [-0.4, -0.2) is 11.8 Å². The third-order valence-corrected chi connectivity index (χ3v) is 0.388. The van der Waals surface area contributed by atoms with Crippen LogP contribution in [0.1, 0.15) is 6.92 Å². The molecule has 0 fully saturated rings. The molecule has 4 nitrogen and oxygen atoms in total. The van der Waals surface area contributed by atoms with Gasteiger partial charge in [0.25, 0.3) is 0 Å². The Morgan fingerprint density at radius 2 is 2.25 bits per heavy atom. The summed E-state index contributed by atoms with van der Waals surface area (Å²) in [5, 5.41) is 12.2. The van der Waals surface area contributed by atoms with Gasteiger partial charge < -0.3 is 11.1 Å². The largest absolute Gasteiger partial charge is 0.352 e. The number of nitrogens with two attached hydrogens (primary N) is 1. The molecular formula is C4H8N2O2. The molecule has 2 amide bonds. The van der Waals surface area contributed by atoms with E-state index in [1.54, 1.807) is 0 Å². The molecule has 0 heterocycles. The highest BCUT2D eigenvalue weighted by Gasteiger charge is 2.15. The van der Waals surface area contributed by atoms with Crippen molar-refractivity contribution in [1.82, 2.24) is 5.32 Å². The first-order chi connectivity index (χ1) is 3.42. The number of primary amides is 1. The molecule has 0 saturated carbocycles. The number of amides is 2. The summed E-state index contributed by atoms with van der Waals surface area (Å²) in [5.74, 6) is 0. The Balaban J connectivity index is 3.55. The monoisotopic (exact) mass is 116 g/mol. The van der Waals surface area contributed by atoms with Crippen molar-refractivity contribution >= 4 is 6.03 Å². The second-order valence-corrected chi connectivity index (χ2v) is 1.72. The summed E-state index contributed by atoms with van der Waals surface area (Å²) in [6.45, 7) is 4.25. The van der Waals surface area contributed by atoms with E-state index in [0.717, 1.165) is 0 Å². The van der Waals surface area contributed by atoms with Gasteiger partial charge in [0.15, 0.2) is 5.72 Å². The minimum absolute atomic E-state index is 0.850. The molecule has 3 N–H and O–H groups in total. The van der Waals surface area contributed by atoms with Crippen LogP contribution in [-0.2, 0) is 5.11 Å². The Morgan fingerprint density at radius 3 is 2.25 bits per heavy atom. The third kappa shape index (κ3) is 5.23. The van der Waals surface area contributed by atoms with Gasteiger partial charge in [-0.3, -0.25) is 0 Å². The summed E-state index contributed by atoms with van der Waals surface area (Å²) >= 11 is 0. The molecule has 0 aromatic rings. The Bertz CT molecular complexity index is 94.7. The van der Waals surface area contributed by atoms with Gasteiger partial charge in [-0.15, -0.1) is 0 Å². The van der Waals surface area contributed by atoms with Crippen molar-refractivity contribution < 1.29 is 9.90 Å². The highest BCUT2D eigenvalue weighted by Crippen LogP contribution is 1.91. The van der Waals surface area contributed by atoms with Crippen molar-refractivity contribution in [2.45, 2.75) is 12.6 Å². The summed E-state index contributed by atoms with van der Waals surface area (Å²) in [6, 6.07) is -0.850. The molecule has 2 radical (unpaired) electrons. The van der Waals surface area contributed by atoms with Crippen LogP contribution in [0, 0.1) is 6.92 Å². The number of carbonyl (C=O) groups excluding carboxylic acids is 1. The van der Waals surface area contributed by atoms with E-state index in [0.29, 0.717) is 0 Å². The summed E-state index contributed by atoms with van der Waals surface area (Å²) in [4.78, 5) is 9.89. The average molecular weight is 116 g/mol. The normalized spacial score (nSPS) is 10.9. The van der Waals surface area contributed by atoms with Gasteiger partial charge in [0.1, 0.15) is 0 Å². The maximum absolute atomic E-state index is 10.4. The number of nitrogens with one attached hydrogen (secondary N) is 1. The number of hydrogen-bond acceptors (Lipinski definition) is 1. The summed E-state index contributed by atoms with van der Waals surface area (Å²) in [6.07, 6.45) is 0. The summed E-state index contributed by atoms with van der Waals surface area (Å²) in [5.41, 5.74) is 2.89. The average Bonchev–Trinajstić information content (AvgIpc) is 1.21. The predicted molar refractivity (Wildman–Crippen MR) is 27.2 cm³/mol. The molecule has 1 unspecified atom stereocenters. The van der Waals surface area contributed by atoms with Crippen LogP contribution in [0.25, 0.3) is 0 Å². The van der Waals surface area contributed by atoms with Crippen LogP contribution in [0.2, 0.25) is 0 Å². The second-order valence-electron chi connectivity index (χ2n) is 1.72. The van der Waals surface area contributed by atoms with Crippen molar-refractivity contribution in [2.75, 3.05) is 0 Å². The predicted octanol–water partition coefficient (Wildman–Crippen LogP) is -0.365. The zero-order chi connectivity index (χ0) is 6.78. The number of hydrogen-bond donors (Lipinski definition) is 2. The lowest BCUT2D eigenvalue weighted by Crippen LogP contribution is -2.45. The molecule has 0 bridgehead atoms. The lowest BCUT2D eigenvalue weighted by Gasteiger charge is -2.12. The molecule has 8 heavy (non-hydrogen) atoms. The Labute approximate surface area is 47.7 Å². The SMILES string of the molecule is [CH2]C(C)([O])NC(N)=O. The van der Waals surface area contributed by atoms with E-state index < -0.39 is 11.8 Å². The van der Waals surface area contributed by atoms with Gasteiger partial charge in [-0.05, 0) is 6.92 Å². The lowest BCUT2D eigenvalue weighted by molar-refractivity contribution is 0.00963. The second kappa shape index (κ2) is 2.00. The van der Waals surface area contributed by atoms with Crippen molar-refractivity contribution in [3.05, 3.63) is 6.92 Å². The van der Waals surface area contributed by atoms with Crippen LogP contribution < -0.4 is 11.1 Å². The Hall–Kier alpha value is -0.770. The lowest BCUT2D eigenvalue weighted by atomic mass is 10.3. The molecule has 0 aromatic heterocycles. The smallest absolute Gasteiger partial charge is 0.314 e. The maximum atomic E-state index is 10.4. The molecule has 0 rings (SSSR count). The highest BCUT2D eigenvalue weighted by atomic mass is 16.3. The van der Waals surface area contributed by atoms with Crippen molar-refractivity contribution in [1.29, 1.82) is 0 Å². The molecule has 1 atom stereocenters. The fourth-order valence-corrected chi connectivity index (χ4v) is 0.261. The minimum Gasteiger partial charge on any atom is -0.352 e. The van der Waals surface area contributed by atoms with E-state index in [1.807, 2.05) is 5.32 Å². The van der Waals surface area contributed by atoms with Crippen molar-refractivity contribution in [3.63, 3.8) is 0 Å². The van der Waals surface area contributed by atoms with E-state index in [9.17, 15) is 9.90 Å². The molecule has 0 aliphatic rings. The molecule has 46 valence electrons. The van der Waals surface area contributed by atoms with Gasteiger partial charge in [0.2, 0.25) is 0 Å². The quantitative estimate of drug-likeness (QED) is 0.451. The first kappa shape index (κ1) is 7.23. The van der Waals surface area contributed by atoms with Gasteiger partial charge >= 0.3 is 6.03 Å². The number of urea groups is 1. The fourth-order valence-electron chi connectivity index (χ4n) is 0.261. The van der Waals surface area contributed by atoms with Gasteiger partial charge in [0.05, 0.1) is 0 Å². The number of rotatable bonds is 1. The molecule has 0 aromatic carbocycles. The Morgan fingerprint density at radius 1 is 1.88 bits per heavy atom. The minimum atomic E-state index is -1.70. The van der Waals surface area contributed by atoms with Crippen molar-refractivity contribution in [2.24, 2.45) is 5.73 Å². The molecule has 0 aliphatic heterocycles. The first-order valence-corrected chi connectivity index (χ1v) is 2.05. The van der Waals surface area contributed by atoms with Gasteiger partial charge in [-0.1, -0.05) is 0 Å². The zero-order valence-corrected chi connectivity index (χ0v) is 4.60. The molecule has 4 heteroatoms. The molecule has 0 aliphatic carbocycles. The fraction of sp³-hybridized carbons (Fsp3) is 0.500. The van der Waals surface area contributed by atoms with Crippen LogP contribution in [0.3, 0.4) is 0 Å². The Kier molecular flexibility index (Phi) is 1.81. The first-order valence-electron chi connectivity index (χ1n) is 2.05. The van der Waals surface area contributed by atoms with Crippen LogP contribution in [0.4, 0.5) is 4.79 Å². The zero-order valence-electron chi connectivity index (χ0n) is 4.60. The standard InChI is InChI=1S/C4H8N2O2/c1-4(2,8)6-3(5)7/h1H2,2H3,(H3,5,6,7). The van der Waals surface area contributed by atoms with Crippen molar-refractivity contribution in [3.8, 4) is 0 Å². The maximum Gasteiger partial charge on any atom is 0.314 e. The van der Waals surface area contributed by atoms with Gasteiger partial charge in [0, 0.05) is 6.92 Å². The summed E-state index contributed by atoms with van der Waals surface area (Å²) < 4.78 is 0. The molecule has 0 saturated heterocycles. The van der Waals surface area contributed by atoms with E-state index >= 15 is 0 Å². The van der Waals surface area contributed by atoms with Gasteiger partial charge in [-0.25, -0.2) is 9.90 Å². The summed E-state index contributed by atoms with van der Waals surface area (Å²) in [7, 11) is 0. The van der Waals surface area contributed by atoms with Gasteiger partial charge in [-0.2, -0.15) is 0 Å². The van der Waals surface area contributed by atoms with Crippen LogP contribution in [0.5, 0.6) is 0 Å². The van der Waals surface area contributed by atoms with E-state index in [4.69, 9.17) is 0 Å². The van der Waals surface area contributed by atoms with E-state index in [1.165, 1.54) is 6.92 Å². The molecular weight excluding hydrogens is 108 g/mol. The van der Waals surface area contributed by atoms with Crippen LogP contribution in [0.15, 0.2) is 0 Å². The van der Waals surface area contributed by atoms with E-state index in [2.05, 4.69) is 12.7 Å². The highest BCUT2D eigenvalue weighted by molar-refractivity contribution is 5.72. The third-order valence-electron chi connectivity index (χ3n) is 0.388. The molecule has 0 spiro atoms. The van der Waals surface area contributed by atoms with E-state index in [-0.39, 0.29) is 0 Å². The van der Waals surface area contributed by atoms with Crippen LogP contribution >= 0.6 is 0 Å². The number of carbonyl (C=O) groups is 1. The topological polar surface area (TPSA) is 75.0 Å².